The van der Waals surface area contributed by atoms with Gasteiger partial charge in [0.15, 0.2) is 0 Å². The highest BCUT2D eigenvalue weighted by Gasteiger charge is 2.32. The molecule has 3 unspecified atom stereocenters. The SMILES string of the molecule is Cc1ccc(C(O)C2CCOC2C)c2ccccc12. The van der Waals surface area contributed by atoms with Crippen molar-refractivity contribution in [2.45, 2.75) is 32.5 Å². The summed E-state index contributed by atoms with van der Waals surface area (Å²) in [5.41, 5.74) is 2.28. The van der Waals surface area contributed by atoms with Crippen LogP contribution in [0.5, 0.6) is 0 Å². The number of aliphatic hydroxyl groups is 1. The Morgan fingerprint density at radius 3 is 2.58 bits per heavy atom. The summed E-state index contributed by atoms with van der Waals surface area (Å²) < 4.78 is 5.58. The molecule has 1 heterocycles. The second-order valence-corrected chi connectivity index (χ2v) is 5.49. The van der Waals surface area contributed by atoms with Crippen molar-refractivity contribution in [2.24, 2.45) is 5.92 Å². The zero-order valence-electron chi connectivity index (χ0n) is 11.5. The van der Waals surface area contributed by atoms with E-state index in [1.54, 1.807) is 0 Å². The molecule has 2 aromatic rings. The largest absolute Gasteiger partial charge is 0.388 e. The lowest BCUT2D eigenvalue weighted by molar-refractivity contribution is 0.0438. The normalized spacial score (nSPS) is 24.8. The molecule has 0 aliphatic carbocycles. The van der Waals surface area contributed by atoms with E-state index < -0.39 is 6.10 Å². The lowest BCUT2D eigenvalue weighted by Gasteiger charge is -2.23. The van der Waals surface area contributed by atoms with Crippen LogP contribution in [-0.4, -0.2) is 17.8 Å². The second kappa shape index (κ2) is 4.95. The Morgan fingerprint density at radius 2 is 1.89 bits per heavy atom. The minimum Gasteiger partial charge on any atom is -0.388 e. The zero-order valence-corrected chi connectivity index (χ0v) is 11.5. The van der Waals surface area contributed by atoms with Gasteiger partial charge in [0.2, 0.25) is 0 Å². The molecule has 100 valence electrons. The van der Waals surface area contributed by atoms with E-state index in [1.807, 2.05) is 12.1 Å². The lowest BCUT2D eigenvalue weighted by atomic mass is 9.87. The van der Waals surface area contributed by atoms with Gasteiger partial charge in [-0.2, -0.15) is 0 Å². The molecule has 3 rings (SSSR count). The number of aliphatic hydroxyl groups excluding tert-OH is 1. The number of fused-ring (bicyclic) bond motifs is 1. The summed E-state index contributed by atoms with van der Waals surface area (Å²) in [5, 5.41) is 13.1. The van der Waals surface area contributed by atoms with Crippen molar-refractivity contribution in [3.8, 4) is 0 Å². The first-order valence-electron chi connectivity index (χ1n) is 6.96. The highest BCUT2D eigenvalue weighted by molar-refractivity contribution is 5.88. The first kappa shape index (κ1) is 12.6. The Balaban J connectivity index is 2.07. The van der Waals surface area contributed by atoms with Crippen LogP contribution < -0.4 is 0 Å². The van der Waals surface area contributed by atoms with Crippen molar-refractivity contribution in [1.29, 1.82) is 0 Å². The molecule has 0 radical (unpaired) electrons. The highest BCUT2D eigenvalue weighted by atomic mass is 16.5. The van der Waals surface area contributed by atoms with Gasteiger partial charge in [-0.3, -0.25) is 0 Å². The van der Waals surface area contributed by atoms with Crippen LogP contribution in [0.4, 0.5) is 0 Å². The van der Waals surface area contributed by atoms with Crippen LogP contribution in [0.15, 0.2) is 36.4 Å². The number of hydrogen-bond acceptors (Lipinski definition) is 2. The first-order valence-corrected chi connectivity index (χ1v) is 6.96. The van der Waals surface area contributed by atoms with Crippen LogP contribution in [0, 0.1) is 12.8 Å². The summed E-state index contributed by atoms with van der Waals surface area (Å²) >= 11 is 0. The Hall–Kier alpha value is -1.38. The summed E-state index contributed by atoms with van der Waals surface area (Å²) in [6, 6.07) is 12.5. The van der Waals surface area contributed by atoms with Crippen molar-refractivity contribution in [1.82, 2.24) is 0 Å². The van der Waals surface area contributed by atoms with Gasteiger partial charge >= 0.3 is 0 Å². The maximum Gasteiger partial charge on any atom is 0.0849 e. The molecule has 0 aromatic heterocycles. The second-order valence-electron chi connectivity index (χ2n) is 5.49. The van der Waals surface area contributed by atoms with Gasteiger partial charge in [0.05, 0.1) is 12.2 Å². The molecule has 2 aromatic carbocycles. The molecule has 0 spiro atoms. The van der Waals surface area contributed by atoms with E-state index in [2.05, 4.69) is 38.1 Å². The molecule has 1 saturated heterocycles. The third-order valence-corrected chi connectivity index (χ3v) is 4.33. The minimum atomic E-state index is -0.442. The predicted molar refractivity (Wildman–Crippen MR) is 77.2 cm³/mol. The lowest BCUT2D eigenvalue weighted by Crippen LogP contribution is -2.20. The van der Waals surface area contributed by atoms with E-state index in [0.29, 0.717) is 0 Å². The van der Waals surface area contributed by atoms with Gasteiger partial charge in [-0.25, -0.2) is 0 Å². The quantitative estimate of drug-likeness (QED) is 0.889. The van der Waals surface area contributed by atoms with Crippen LogP contribution >= 0.6 is 0 Å². The van der Waals surface area contributed by atoms with Crippen molar-refractivity contribution >= 4 is 10.8 Å². The van der Waals surface area contributed by atoms with Crippen molar-refractivity contribution in [2.75, 3.05) is 6.61 Å². The molecule has 1 aliphatic heterocycles. The van der Waals surface area contributed by atoms with E-state index in [4.69, 9.17) is 4.74 Å². The van der Waals surface area contributed by atoms with Crippen LogP contribution in [0.2, 0.25) is 0 Å². The average molecular weight is 256 g/mol. The Kier molecular flexibility index (Phi) is 3.29. The Morgan fingerprint density at radius 1 is 1.16 bits per heavy atom. The fourth-order valence-electron chi connectivity index (χ4n) is 3.12. The van der Waals surface area contributed by atoms with Gasteiger partial charge in [-0.15, -0.1) is 0 Å². The average Bonchev–Trinajstić information content (AvgIpc) is 2.85. The molecular weight excluding hydrogens is 236 g/mol. The van der Waals surface area contributed by atoms with Gasteiger partial charge in [0.1, 0.15) is 0 Å². The first-order chi connectivity index (χ1) is 9.18. The Labute approximate surface area is 114 Å². The van der Waals surface area contributed by atoms with Crippen molar-refractivity contribution in [3.05, 3.63) is 47.5 Å². The molecule has 2 heteroatoms. The van der Waals surface area contributed by atoms with E-state index >= 15 is 0 Å². The summed E-state index contributed by atoms with van der Waals surface area (Å²) in [6.07, 6.45) is 0.628. The highest BCUT2D eigenvalue weighted by Crippen LogP contribution is 2.36. The molecule has 1 N–H and O–H groups in total. The van der Waals surface area contributed by atoms with Crippen LogP contribution in [0.1, 0.15) is 30.6 Å². The van der Waals surface area contributed by atoms with E-state index in [-0.39, 0.29) is 12.0 Å². The maximum atomic E-state index is 10.7. The molecule has 0 bridgehead atoms. The number of hydrogen-bond donors (Lipinski definition) is 1. The Bertz CT molecular complexity index is 591. The monoisotopic (exact) mass is 256 g/mol. The number of aryl methyl sites for hydroxylation is 1. The molecule has 19 heavy (non-hydrogen) atoms. The molecule has 1 fully saturated rings. The fourth-order valence-corrected chi connectivity index (χ4v) is 3.12. The molecule has 2 nitrogen and oxygen atoms in total. The van der Waals surface area contributed by atoms with Crippen LogP contribution in [0.25, 0.3) is 10.8 Å². The van der Waals surface area contributed by atoms with Gasteiger partial charge < -0.3 is 9.84 Å². The number of benzene rings is 2. The van der Waals surface area contributed by atoms with Crippen molar-refractivity contribution < 1.29 is 9.84 Å². The van der Waals surface area contributed by atoms with Crippen LogP contribution in [0.3, 0.4) is 0 Å². The third kappa shape index (κ3) is 2.15. The predicted octanol–water partition coefficient (Wildman–Crippen LogP) is 3.61. The number of ether oxygens (including phenoxy) is 1. The smallest absolute Gasteiger partial charge is 0.0849 e. The molecular formula is C17H20O2. The van der Waals surface area contributed by atoms with Gasteiger partial charge in [0.25, 0.3) is 0 Å². The van der Waals surface area contributed by atoms with Gasteiger partial charge in [-0.05, 0) is 42.2 Å². The molecule has 3 atom stereocenters. The zero-order chi connectivity index (χ0) is 13.4. The van der Waals surface area contributed by atoms with E-state index in [0.717, 1.165) is 24.0 Å². The fraction of sp³-hybridized carbons (Fsp3) is 0.412. The van der Waals surface area contributed by atoms with Gasteiger partial charge in [0, 0.05) is 12.5 Å². The summed E-state index contributed by atoms with van der Waals surface area (Å²) in [6.45, 7) is 4.92. The number of rotatable bonds is 2. The van der Waals surface area contributed by atoms with Crippen LogP contribution in [-0.2, 0) is 4.74 Å². The van der Waals surface area contributed by atoms with E-state index in [9.17, 15) is 5.11 Å². The molecule has 0 amide bonds. The van der Waals surface area contributed by atoms with Crippen molar-refractivity contribution in [3.63, 3.8) is 0 Å². The standard InChI is InChI=1S/C17H20O2/c1-11-7-8-16(15-6-4-3-5-13(11)15)17(18)14-9-10-19-12(14)2/h3-8,12,14,17-18H,9-10H2,1-2H3. The third-order valence-electron chi connectivity index (χ3n) is 4.33. The summed E-state index contributed by atoms with van der Waals surface area (Å²) in [4.78, 5) is 0. The summed E-state index contributed by atoms with van der Waals surface area (Å²) in [7, 11) is 0. The topological polar surface area (TPSA) is 29.5 Å². The van der Waals surface area contributed by atoms with Gasteiger partial charge in [-0.1, -0.05) is 36.4 Å². The summed E-state index contributed by atoms with van der Waals surface area (Å²) in [5.74, 6) is 0.200. The molecule has 0 saturated carbocycles. The minimum absolute atomic E-state index is 0.134. The van der Waals surface area contributed by atoms with E-state index in [1.165, 1.54) is 10.9 Å². The molecule has 1 aliphatic rings. The maximum absolute atomic E-state index is 10.7.